The molecule has 4 atom stereocenters. The molecule has 1 aliphatic carbocycles. The predicted octanol–water partition coefficient (Wildman–Crippen LogP) is 6.23. The van der Waals surface area contributed by atoms with Crippen LogP contribution in [0.2, 0.25) is 0 Å². The number of benzene rings is 4. The highest BCUT2D eigenvalue weighted by Crippen LogP contribution is 2.51. The van der Waals surface area contributed by atoms with Crippen molar-refractivity contribution in [3.8, 4) is 46.0 Å². The first-order valence-electron chi connectivity index (χ1n) is 28.7. The van der Waals surface area contributed by atoms with Crippen LogP contribution < -0.4 is 37.9 Å². The Hall–Kier alpha value is -6.22. The molecule has 538 valence electrons. The second-order valence-electron chi connectivity index (χ2n) is 21.7. The Kier molecular flexibility index (Phi) is 28.5. The van der Waals surface area contributed by atoms with Crippen molar-refractivity contribution >= 4 is 80.9 Å². The average molecular weight is 1520 g/mol. The number of hydrogen-bond donors (Lipinski definition) is 8. The van der Waals surface area contributed by atoms with Crippen molar-refractivity contribution in [1.29, 1.82) is 0 Å². The summed E-state index contributed by atoms with van der Waals surface area (Å²) in [6.45, 7) is 3.14. The molecule has 96 heavy (non-hydrogen) atoms. The highest BCUT2D eigenvalue weighted by atomic mass is 32.2. The van der Waals surface area contributed by atoms with E-state index in [2.05, 4.69) is 0 Å². The first-order chi connectivity index (χ1) is 44.3. The zero-order chi connectivity index (χ0) is 71.8. The largest absolute Gasteiger partial charge is 0.493 e. The van der Waals surface area contributed by atoms with Crippen LogP contribution in [0, 0.1) is 0 Å². The second kappa shape index (κ2) is 34.0. The summed E-state index contributed by atoms with van der Waals surface area (Å²) in [4.78, 5) is 0. The Morgan fingerprint density at radius 3 is 0.740 bits per heavy atom. The molecule has 0 aromatic heterocycles. The van der Waals surface area contributed by atoms with E-state index in [0.717, 1.165) is 24.5 Å². The Labute approximate surface area is 557 Å². The minimum absolute atomic E-state index is 0.0639. The van der Waals surface area contributed by atoms with E-state index in [9.17, 15) is 104 Å². The van der Waals surface area contributed by atoms with Gasteiger partial charge in [-0.2, -0.15) is 67.3 Å². The predicted molar refractivity (Wildman–Crippen MR) is 347 cm³/mol. The minimum atomic E-state index is -4.75. The summed E-state index contributed by atoms with van der Waals surface area (Å²) < 4.78 is 318. The van der Waals surface area contributed by atoms with E-state index >= 15 is 0 Å². The van der Waals surface area contributed by atoms with Crippen molar-refractivity contribution in [3.63, 3.8) is 0 Å². The molecule has 0 radical (unpaired) electrons. The fourth-order valence-corrected chi connectivity index (χ4v) is 13.1. The summed E-state index contributed by atoms with van der Waals surface area (Å²) in [5.41, 5.74) is 1.46. The second-order valence-corrected chi connectivity index (χ2v) is 33.6. The Morgan fingerprint density at radius 1 is 0.302 bits per heavy atom. The van der Waals surface area contributed by atoms with Gasteiger partial charge in [0.05, 0.1) is 84.6 Å². The molecule has 0 heterocycles. The Bertz CT molecular complexity index is 4450. The van der Waals surface area contributed by atoms with Crippen LogP contribution in [0.3, 0.4) is 0 Å². The van der Waals surface area contributed by atoms with E-state index < -0.39 is 185 Å². The molecular weight excluding hydrogens is 1440 g/mol. The normalized spacial score (nSPS) is 16.8. The maximum atomic E-state index is 12.0. The summed E-state index contributed by atoms with van der Waals surface area (Å²) in [5.74, 6) is -10.0. The van der Waals surface area contributed by atoms with Crippen molar-refractivity contribution in [2.45, 2.75) is 83.5 Å². The zero-order valence-electron chi connectivity index (χ0n) is 51.8. The molecule has 4 aromatic rings. The van der Waals surface area contributed by atoms with E-state index in [1.807, 2.05) is 0 Å². The highest BCUT2D eigenvalue weighted by molar-refractivity contribution is 7.89. The Morgan fingerprint density at radius 2 is 0.521 bits per heavy atom. The van der Waals surface area contributed by atoms with E-state index in [1.54, 1.807) is 45.9 Å². The zero-order valence-corrected chi connectivity index (χ0v) is 58.3. The smallest absolute Gasteiger partial charge is 0.287 e. The summed E-state index contributed by atoms with van der Waals surface area (Å²) in [5, 5.41) is 0.842. The molecule has 0 fully saturated rings. The molecule has 1 aliphatic rings. The monoisotopic (exact) mass is 1510 g/mol. The Balaban J connectivity index is 2.09. The van der Waals surface area contributed by atoms with Crippen LogP contribution in [0.15, 0.2) is 83.8 Å². The number of ether oxygens (including phenoxy) is 8. The van der Waals surface area contributed by atoms with E-state index in [1.165, 1.54) is 30.3 Å². The van der Waals surface area contributed by atoms with Gasteiger partial charge in [0, 0.05) is 92.4 Å². The summed E-state index contributed by atoms with van der Waals surface area (Å²) in [6.07, 6.45) is 2.07. The molecule has 0 saturated carbocycles. The lowest BCUT2D eigenvalue weighted by molar-refractivity contribution is 0.292. The number of rotatable bonds is 37. The SMILES string of the molecule is CC1c2cc(c(OC/C=C/S(=O)(=O)O)cc2O/C=C/CS(=O)(=O)O)C(C)c2cc(c(OC/C=C/S(=O)(=O)O)cc2OCCCS(=O)(=O)O)C(C)c2cc(c(OCCCS(=O)(=O)O)cc2OCCCS(=O)(=O)O)C(C)c2cc1c(OCCCS(=O)(=O)O)cc2OCCCS(=O)(=O)O. The molecule has 0 aliphatic heterocycles. The lowest BCUT2D eigenvalue weighted by Gasteiger charge is -2.29. The van der Waals surface area contributed by atoms with Crippen LogP contribution in [-0.2, 0) is 80.9 Å². The first kappa shape index (κ1) is 80.5. The van der Waals surface area contributed by atoms with Crippen molar-refractivity contribution in [2.75, 3.05) is 80.8 Å². The van der Waals surface area contributed by atoms with Crippen LogP contribution >= 0.6 is 0 Å². The molecule has 0 saturated heterocycles. The number of fused-ring (bicyclic) bond motifs is 8. The summed E-state index contributed by atoms with van der Waals surface area (Å²) in [7, 11) is -37.0. The molecule has 0 spiro atoms. The van der Waals surface area contributed by atoms with Gasteiger partial charge in [0.25, 0.3) is 80.9 Å². The van der Waals surface area contributed by atoms with Gasteiger partial charge in [-0.15, -0.1) is 0 Å². The van der Waals surface area contributed by atoms with Gasteiger partial charge in [-0.05, 0) is 74.6 Å². The van der Waals surface area contributed by atoms with E-state index in [-0.39, 0.29) is 123 Å². The lowest BCUT2D eigenvalue weighted by Crippen LogP contribution is -2.15. The standard InChI is InChI=1S/C56H74O32S8/c1-37-41-29-43(51(83-15-7-23-91(63,64)65)33-49(41)81-13-5-21-89(57,58)59)38(2)45-31-47(55(87-19-11-27-95(75,76)77)35-53(45)85-17-9-25-93(69,70)71)40(4)48-32-46(54(86-18-10-26-94(72,73)74)36-56(48)88-20-12-28-96(78,79)80)39(3)44-30-42(37)50(82-14-6-22-90(60,61)62)34-52(44)84-16-8-24-92(66,67)68/h5,7-8,15,21,24,29-40H,6,9-14,16-20,22-23,25-28H2,1-4H3,(H,57,58,59)(H,60,61,62)(H,63,64,65)(H,66,67,68)(H,69,70,71)(H,72,73,74)(H,75,76,77)(H,78,79,80)/b15-7+,21-5+,24-8+. The summed E-state index contributed by atoms with van der Waals surface area (Å²) in [6, 6.07) is 11.5. The first-order valence-corrected chi connectivity index (χ1v) is 41.3. The fraction of sp³-hybridized carbons (Fsp3) is 0.464. The van der Waals surface area contributed by atoms with Crippen LogP contribution in [0.25, 0.3) is 0 Å². The molecule has 32 nitrogen and oxygen atoms in total. The van der Waals surface area contributed by atoms with Gasteiger partial charge in [0.1, 0.15) is 59.2 Å². The fourth-order valence-electron chi connectivity index (χ4n) is 9.73. The molecule has 4 aromatic carbocycles. The van der Waals surface area contributed by atoms with Gasteiger partial charge in [0.15, 0.2) is 0 Å². The van der Waals surface area contributed by atoms with Crippen molar-refractivity contribution in [3.05, 3.63) is 128 Å². The maximum absolute atomic E-state index is 12.0. The molecule has 4 unspecified atom stereocenters. The third-order valence-electron chi connectivity index (χ3n) is 14.1. The van der Waals surface area contributed by atoms with Gasteiger partial charge in [0.2, 0.25) is 0 Å². The van der Waals surface area contributed by atoms with Gasteiger partial charge in [-0.25, -0.2) is 0 Å². The van der Waals surface area contributed by atoms with Crippen LogP contribution in [0.1, 0.15) is 128 Å². The average Bonchev–Trinajstić information content (AvgIpc) is 0.764. The summed E-state index contributed by atoms with van der Waals surface area (Å²) >= 11 is 0. The molecule has 8 bridgehead atoms. The number of hydrogen-bond acceptors (Lipinski definition) is 24. The molecule has 40 heteroatoms. The molecule has 8 N–H and O–H groups in total. The third-order valence-corrected chi connectivity index (χ3v) is 19.8. The van der Waals surface area contributed by atoms with Gasteiger partial charge in [-0.1, -0.05) is 27.7 Å². The van der Waals surface area contributed by atoms with Crippen molar-refractivity contribution < 1.29 is 142 Å². The van der Waals surface area contributed by atoms with Crippen LogP contribution in [-0.4, -0.2) is 185 Å². The molecular formula is C56H74O32S8. The van der Waals surface area contributed by atoms with Crippen LogP contribution in [0.5, 0.6) is 46.0 Å². The van der Waals surface area contributed by atoms with Crippen molar-refractivity contribution in [1.82, 2.24) is 0 Å². The highest BCUT2D eigenvalue weighted by Gasteiger charge is 2.33. The quantitative estimate of drug-likeness (QED) is 0.0141. The third kappa shape index (κ3) is 28.0. The van der Waals surface area contributed by atoms with Crippen molar-refractivity contribution in [2.24, 2.45) is 0 Å². The van der Waals surface area contributed by atoms with E-state index in [0.29, 0.717) is 10.8 Å². The maximum Gasteiger partial charge on any atom is 0.287 e. The van der Waals surface area contributed by atoms with E-state index in [4.69, 9.17) is 37.9 Å². The molecule has 0 amide bonds. The molecule has 5 rings (SSSR count). The minimum Gasteiger partial charge on any atom is -0.493 e. The van der Waals surface area contributed by atoms with Crippen LogP contribution in [0.4, 0.5) is 0 Å². The van der Waals surface area contributed by atoms with Gasteiger partial charge < -0.3 is 37.9 Å². The van der Waals surface area contributed by atoms with Gasteiger partial charge in [-0.3, -0.25) is 36.4 Å². The lowest BCUT2D eigenvalue weighted by atomic mass is 9.80. The topological polar surface area (TPSA) is 509 Å². The van der Waals surface area contributed by atoms with Gasteiger partial charge >= 0.3 is 0 Å².